The van der Waals surface area contributed by atoms with Crippen LogP contribution in [0, 0.1) is 6.92 Å². The summed E-state index contributed by atoms with van der Waals surface area (Å²) >= 11 is 6.15. The Labute approximate surface area is 136 Å². The molecule has 22 heavy (non-hydrogen) atoms. The van der Waals surface area contributed by atoms with Gasteiger partial charge in [-0.1, -0.05) is 17.7 Å². The van der Waals surface area contributed by atoms with Crippen LogP contribution in [0.15, 0.2) is 18.2 Å². The van der Waals surface area contributed by atoms with E-state index in [1.165, 1.54) is 0 Å². The first kappa shape index (κ1) is 17.2. The number of rotatable bonds is 5. The minimum Gasteiger partial charge on any atom is -0.381 e. The number of nitrogens with two attached hydrogens (primary N) is 1. The zero-order valence-corrected chi connectivity index (χ0v) is 13.9. The Bertz CT molecular complexity index is 524. The largest absolute Gasteiger partial charge is 0.381 e. The highest BCUT2D eigenvalue weighted by Crippen LogP contribution is 2.23. The standard InChI is InChI=1S/C16H24ClN3O2/c1-11-3-4-15(14(17)7-11)19-16(21)10-20-6-5-13(22-2)8-12(20)9-18/h3-4,7,12-13H,5-6,8-10,18H2,1-2H3,(H,19,21). The van der Waals surface area contributed by atoms with E-state index in [1.54, 1.807) is 7.11 Å². The third-order valence-electron chi connectivity index (χ3n) is 4.14. The van der Waals surface area contributed by atoms with E-state index < -0.39 is 0 Å². The molecule has 1 aliphatic rings. The average molecular weight is 326 g/mol. The van der Waals surface area contributed by atoms with E-state index in [4.69, 9.17) is 22.1 Å². The number of carbonyl (C=O) groups excluding carboxylic acids is 1. The van der Waals surface area contributed by atoms with Crippen LogP contribution in [-0.2, 0) is 9.53 Å². The van der Waals surface area contributed by atoms with Crippen LogP contribution >= 0.6 is 11.6 Å². The molecule has 1 fully saturated rings. The number of nitrogens with one attached hydrogen (secondary N) is 1. The second-order valence-corrected chi connectivity index (χ2v) is 6.18. The van der Waals surface area contributed by atoms with Crippen molar-refractivity contribution in [2.45, 2.75) is 31.9 Å². The Morgan fingerprint density at radius 1 is 1.55 bits per heavy atom. The van der Waals surface area contributed by atoms with Crippen molar-refractivity contribution >= 4 is 23.2 Å². The van der Waals surface area contributed by atoms with Crippen molar-refractivity contribution in [2.75, 3.05) is 32.1 Å². The van der Waals surface area contributed by atoms with Gasteiger partial charge in [-0.25, -0.2) is 0 Å². The molecule has 1 aromatic rings. The van der Waals surface area contributed by atoms with Crippen LogP contribution in [0.2, 0.25) is 5.02 Å². The van der Waals surface area contributed by atoms with Gasteiger partial charge in [0.1, 0.15) is 0 Å². The topological polar surface area (TPSA) is 67.6 Å². The Morgan fingerprint density at radius 3 is 2.95 bits per heavy atom. The lowest BCUT2D eigenvalue weighted by molar-refractivity contribution is -0.118. The monoisotopic (exact) mass is 325 g/mol. The normalized spacial score (nSPS) is 22.5. The number of aryl methyl sites for hydroxylation is 1. The molecule has 2 rings (SSSR count). The number of methoxy groups -OCH3 is 1. The molecule has 1 aromatic carbocycles. The number of likely N-dealkylation sites (tertiary alicyclic amines) is 1. The van der Waals surface area contributed by atoms with Gasteiger partial charge in [0.25, 0.3) is 0 Å². The average Bonchev–Trinajstić information content (AvgIpc) is 2.50. The number of nitrogens with zero attached hydrogens (tertiary/aromatic N) is 1. The van der Waals surface area contributed by atoms with Gasteiger partial charge >= 0.3 is 0 Å². The summed E-state index contributed by atoms with van der Waals surface area (Å²) in [5, 5.41) is 3.43. The van der Waals surface area contributed by atoms with Crippen molar-refractivity contribution in [1.82, 2.24) is 4.90 Å². The third kappa shape index (κ3) is 4.43. The highest BCUT2D eigenvalue weighted by molar-refractivity contribution is 6.33. The minimum absolute atomic E-state index is 0.0694. The van der Waals surface area contributed by atoms with Crippen LogP contribution in [0.25, 0.3) is 0 Å². The summed E-state index contributed by atoms with van der Waals surface area (Å²) in [5.74, 6) is -0.0694. The SMILES string of the molecule is COC1CCN(CC(=O)Nc2ccc(C)cc2Cl)C(CN)C1. The smallest absolute Gasteiger partial charge is 0.238 e. The molecular weight excluding hydrogens is 302 g/mol. The summed E-state index contributed by atoms with van der Waals surface area (Å²) in [5.41, 5.74) is 7.54. The molecule has 1 amide bonds. The molecule has 0 saturated carbocycles. The summed E-state index contributed by atoms with van der Waals surface area (Å²) in [7, 11) is 1.72. The highest BCUT2D eigenvalue weighted by Gasteiger charge is 2.28. The second kappa shape index (κ2) is 7.92. The Balaban J connectivity index is 1.93. The number of piperidine rings is 1. The fourth-order valence-corrected chi connectivity index (χ4v) is 3.11. The number of amides is 1. The molecule has 1 aliphatic heterocycles. The zero-order valence-electron chi connectivity index (χ0n) is 13.1. The maximum atomic E-state index is 12.2. The lowest BCUT2D eigenvalue weighted by Crippen LogP contribution is -2.50. The van der Waals surface area contributed by atoms with Gasteiger partial charge < -0.3 is 15.8 Å². The molecule has 0 aromatic heterocycles. The van der Waals surface area contributed by atoms with Gasteiger partial charge in [0, 0.05) is 26.2 Å². The molecular formula is C16H24ClN3O2. The van der Waals surface area contributed by atoms with Crippen molar-refractivity contribution in [3.8, 4) is 0 Å². The lowest BCUT2D eigenvalue weighted by atomic mass is 9.99. The molecule has 2 atom stereocenters. The van der Waals surface area contributed by atoms with E-state index in [1.807, 2.05) is 25.1 Å². The lowest BCUT2D eigenvalue weighted by Gasteiger charge is -2.37. The predicted octanol–water partition coefficient (Wildman–Crippen LogP) is 2.03. The Hall–Kier alpha value is -1.14. The predicted molar refractivity (Wildman–Crippen MR) is 89.3 cm³/mol. The highest BCUT2D eigenvalue weighted by atomic mass is 35.5. The number of halogens is 1. The summed E-state index contributed by atoms with van der Waals surface area (Å²) < 4.78 is 5.40. The number of hydrogen-bond acceptors (Lipinski definition) is 4. The maximum Gasteiger partial charge on any atom is 0.238 e. The number of anilines is 1. The minimum atomic E-state index is -0.0694. The van der Waals surface area contributed by atoms with Gasteiger partial charge in [-0.05, 0) is 37.5 Å². The van der Waals surface area contributed by atoms with Crippen LogP contribution in [0.5, 0.6) is 0 Å². The summed E-state index contributed by atoms with van der Waals surface area (Å²) in [6.45, 7) is 3.62. The number of hydrogen-bond donors (Lipinski definition) is 2. The van der Waals surface area contributed by atoms with Gasteiger partial charge in [0.15, 0.2) is 0 Å². The van der Waals surface area contributed by atoms with E-state index in [9.17, 15) is 4.79 Å². The fourth-order valence-electron chi connectivity index (χ4n) is 2.83. The van der Waals surface area contributed by atoms with Crippen molar-refractivity contribution in [2.24, 2.45) is 5.73 Å². The van der Waals surface area contributed by atoms with Gasteiger partial charge in [-0.3, -0.25) is 9.69 Å². The molecule has 0 aliphatic carbocycles. The quantitative estimate of drug-likeness (QED) is 0.869. The van der Waals surface area contributed by atoms with Gasteiger partial charge in [0.05, 0.1) is 23.4 Å². The zero-order chi connectivity index (χ0) is 16.1. The molecule has 6 heteroatoms. The van der Waals surface area contributed by atoms with Crippen molar-refractivity contribution in [3.63, 3.8) is 0 Å². The van der Waals surface area contributed by atoms with Crippen LogP contribution in [0.1, 0.15) is 18.4 Å². The second-order valence-electron chi connectivity index (χ2n) is 5.77. The first-order chi connectivity index (χ1) is 10.5. The molecule has 2 unspecified atom stereocenters. The van der Waals surface area contributed by atoms with Crippen LogP contribution in [0.3, 0.4) is 0 Å². The molecule has 122 valence electrons. The molecule has 1 heterocycles. The fraction of sp³-hybridized carbons (Fsp3) is 0.562. The van der Waals surface area contributed by atoms with Crippen molar-refractivity contribution < 1.29 is 9.53 Å². The van der Waals surface area contributed by atoms with Gasteiger partial charge in [-0.15, -0.1) is 0 Å². The van der Waals surface area contributed by atoms with Crippen molar-refractivity contribution in [1.29, 1.82) is 0 Å². The maximum absolute atomic E-state index is 12.2. The molecule has 1 saturated heterocycles. The van der Waals surface area contributed by atoms with Crippen molar-refractivity contribution in [3.05, 3.63) is 28.8 Å². The van der Waals surface area contributed by atoms with Gasteiger partial charge in [0.2, 0.25) is 5.91 Å². The van der Waals surface area contributed by atoms with Crippen LogP contribution in [0.4, 0.5) is 5.69 Å². The third-order valence-corrected chi connectivity index (χ3v) is 4.45. The number of carbonyl (C=O) groups is 1. The molecule has 0 bridgehead atoms. The number of ether oxygens (including phenoxy) is 1. The van der Waals surface area contributed by atoms with E-state index >= 15 is 0 Å². The van der Waals surface area contributed by atoms with Gasteiger partial charge in [-0.2, -0.15) is 0 Å². The molecule has 0 spiro atoms. The van der Waals surface area contributed by atoms with Crippen LogP contribution in [-0.4, -0.2) is 49.7 Å². The Kier molecular flexibility index (Phi) is 6.20. The first-order valence-electron chi connectivity index (χ1n) is 7.56. The van der Waals surface area contributed by atoms with E-state index in [0.29, 0.717) is 23.8 Å². The molecule has 3 N–H and O–H groups in total. The first-order valence-corrected chi connectivity index (χ1v) is 7.94. The van der Waals surface area contributed by atoms with E-state index in [-0.39, 0.29) is 18.1 Å². The Morgan fingerprint density at radius 2 is 2.32 bits per heavy atom. The van der Waals surface area contributed by atoms with E-state index in [0.717, 1.165) is 24.9 Å². The van der Waals surface area contributed by atoms with E-state index in [2.05, 4.69) is 10.2 Å². The summed E-state index contributed by atoms with van der Waals surface area (Å²) in [6.07, 6.45) is 2.02. The summed E-state index contributed by atoms with van der Waals surface area (Å²) in [4.78, 5) is 14.4. The van der Waals surface area contributed by atoms with Crippen LogP contribution < -0.4 is 11.1 Å². The molecule has 0 radical (unpaired) electrons. The summed E-state index contributed by atoms with van der Waals surface area (Å²) in [6, 6.07) is 5.77. The molecule has 5 nitrogen and oxygen atoms in total. The number of benzene rings is 1.